The van der Waals surface area contributed by atoms with E-state index < -0.39 is 0 Å². The number of hydrogen-bond acceptors (Lipinski definition) is 2. The third-order valence-corrected chi connectivity index (χ3v) is 5.10. The molecule has 1 N–H and O–H groups in total. The van der Waals surface area contributed by atoms with Crippen LogP contribution in [0.15, 0.2) is 0 Å². The lowest BCUT2D eigenvalue weighted by Crippen LogP contribution is -2.46. The molecule has 0 atom stereocenters. The molecule has 0 amide bonds. The summed E-state index contributed by atoms with van der Waals surface area (Å²) >= 11 is 0. The van der Waals surface area contributed by atoms with Crippen LogP contribution in [0.1, 0.15) is 79.1 Å². The van der Waals surface area contributed by atoms with Crippen LogP contribution in [-0.4, -0.2) is 35.7 Å². The molecule has 2 nitrogen and oxygen atoms in total. The van der Waals surface area contributed by atoms with E-state index in [-0.39, 0.29) is 5.41 Å². The molecule has 1 saturated carbocycles. The van der Waals surface area contributed by atoms with Gasteiger partial charge in [0.2, 0.25) is 0 Å². The highest BCUT2D eigenvalue weighted by atomic mass is 16.3. The first-order valence-corrected chi connectivity index (χ1v) is 8.91. The smallest absolute Gasteiger partial charge is 0.0499 e. The lowest BCUT2D eigenvalue weighted by atomic mass is 9.80. The van der Waals surface area contributed by atoms with E-state index in [0.717, 1.165) is 6.54 Å². The van der Waals surface area contributed by atoms with Gasteiger partial charge in [-0.05, 0) is 31.6 Å². The molecule has 0 unspecified atom stereocenters. The Bertz CT molecular complexity index is 240. The van der Waals surface area contributed by atoms with Crippen LogP contribution < -0.4 is 0 Å². The molecule has 1 fully saturated rings. The van der Waals surface area contributed by atoms with Crippen LogP contribution in [-0.2, 0) is 0 Å². The molecule has 120 valence electrons. The Hall–Kier alpha value is -0.0800. The van der Waals surface area contributed by atoms with Crippen LogP contribution in [0.4, 0.5) is 0 Å². The predicted octanol–water partition coefficient (Wildman–Crippen LogP) is 4.47. The van der Waals surface area contributed by atoms with Gasteiger partial charge in [-0.15, -0.1) is 0 Å². The summed E-state index contributed by atoms with van der Waals surface area (Å²) in [6.45, 7) is 11.9. The van der Waals surface area contributed by atoms with Crippen molar-refractivity contribution in [1.82, 2.24) is 4.90 Å². The molecule has 0 bridgehead atoms. The van der Waals surface area contributed by atoms with Crippen molar-refractivity contribution in [2.45, 2.75) is 85.1 Å². The number of hydrogen-bond donors (Lipinski definition) is 1. The van der Waals surface area contributed by atoms with Crippen LogP contribution >= 0.6 is 0 Å². The highest BCUT2D eigenvalue weighted by Gasteiger charge is 2.34. The van der Waals surface area contributed by atoms with Gasteiger partial charge >= 0.3 is 0 Å². The summed E-state index contributed by atoms with van der Waals surface area (Å²) in [5.74, 6) is 0.706. The first-order valence-electron chi connectivity index (χ1n) is 8.91. The second-order valence-corrected chi connectivity index (χ2v) is 7.37. The molecule has 0 heterocycles. The quantitative estimate of drug-likeness (QED) is 0.665. The number of nitrogens with zero attached hydrogens (tertiary/aromatic N) is 1. The van der Waals surface area contributed by atoms with Crippen LogP contribution in [0.25, 0.3) is 0 Å². The van der Waals surface area contributed by atoms with Crippen molar-refractivity contribution in [1.29, 1.82) is 0 Å². The molecular weight excluding hydrogens is 246 g/mol. The van der Waals surface area contributed by atoms with Gasteiger partial charge in [0.25, 0.3) is 0 Å². The summed E-state index contributed by atoms with van der Waals surface area (Å²) in [6, 6.07) is 0.684. The van der Waals surface area contributed by atoms with Gasteiger partial charge in [0.15, 0.2) is 0 Å². The molecule has 0 spiro atoms. The first-order chi connectivity index (χ1) is 9.56. The van der Waals surface area contributed by atoms with E-state index in [1.165, 1.54) is 57.9 Å². The molecule has 0 aromatic heterocycles. The van der Waals surface area contributed by atoms with E-state index in [1.54, 1.807) is 0 Å². The minimum absolute atomic E-state index is 0.175. The standard InChI is InChI=1S/C18H37NO/c1-5-17(6-2)19(13-16(3)4)14-18(15-20)11-9-7-8-10-12-18/h16-17,20H,5-15H2,1-4H3. The Kier molecular flexibility index (Phi) is 8.13. The fraction of sp³-hybridized carbons (Fsp3) is 1.00. The highest BCUT2D eigenvalue weighted by molar-refractivity contribution is 4.86. The van der Waals surface area contributed by atoms with E-state index in [1.807, 2.05) is 0 Å². The van der Waals surface area contributed by atoms with Crippen molar-refractivity contribution < 1.29 is 5.11 Å². The average Bonchev–Trinajstić information content (AvgIpc) is 2.65. The lowest BCUT2D eigenvalue weighted by molar-refractivity contribution is 0.0336. The van der Waals surface area contributed by atoms with Gasteiger partial charge in [-0.2, -0.15) is 0 Å². The van der Waals surface area contributed by atoms with E-state index in [4.69, 9.17) is 0 Å². The number of rotatable bonds is 8. The number of aliphatic hydroxyl groups is 1. The third kappa shape index (κ3) is 5.37. The Morgan fingerprint density at radius 2 is 1.55 bits per heavy atom. The Morgan fingerprint density at radius 3 is 1.95 bits per heavy atom. The Balaban J connectivity index is 2.77. The van der Waals surface area contributed by atoms with Gasteiger partial charge in [0.05, 0.1) is 0 Å². The van der Waals surface area contributed by atoms with Gasteiger partial charge in [-0.3, -0.25) is 4.90 Å². The zero-order valence-corrected chi connectivity index (χ0v) is 14.3. The van der Waals surface area contributed by atoms with E-state index >= 15 is 0 Å². The molecule has 0 aliphatic heterocycles. The normalized spacial score (nSPS) is 19.8. The molecule has 1 rings (SSSR count). The molecule has 0 saturated heterocycles. The van der Waals surface area contributed by atoms with Crippen molar-refractivity contribution in [3.8, 4) is 0 Å². The van der Waals surface area contributed by atoms with E-state index in [0.29, 0.717) is 18.6 Å². The summed E-state index contributed by atoms with van der Waals surface area (Å²) in [4.78, 5) is 2.69. The first kappa shape index (κ1) is 18.0. The molecule has 0 aromatic rings. The van der Waals surface area contributed by atoms with Crippen LogP contribution in [0.3, 0.4) is 0 Å². The van der Waals surface area contributed by atoms with Crippen LogP contribution in [0.5, 0.6) is 0 Å². The maximum Gasteiger partial charge on any atom is 0.0499 e. The monoisotopic (exact) mass is 283 g/mol. The summed E-state index contributed by atoms with van der Waals surface area (Å²) in [5.41, 5.74) is 0.175. The summed E-state index contributed by atoms with van der Waals surface area (Å²) < 4.78 is 0. The topological polar surface area (TPSA) is 23.5 Å². The highest BCUT2D eigenvalue weighted by Crippen LogP contribution is 2.36. The van der Waals surface area contributed by atoms with Gasteiger partial charge in [-0.1, -0.05) is 53.4 Å². The maximum atomic E-state index is 10.1. The molecule has 0 radical (unpaired) electrons. The Morgan fingerprint density at radius 1 is 1.00 bits per heavy atom. The zero-order chi connectivity index (χ0) is 15.0. The van der Waals surface area contributed by atoms with E-state index in [2.05, 4.69) is 32.6 Å². The Labute approximate surface area is 126 Å². The van der Waals surface area contributed by atoms with Gasteiger partial charge in [0.1, 0.15) is 0 Å². The average molecular weight is 284 g/mol. The second kappa shape index (κ2) is 9.04. The van der Waals surface area contributed by atoms with Gasteiger partial charge in [0, 0.05) is 31.2 Å². The largest absolute Gasteiger partial charge is 0.396 e. The van der Waals surface area contributed by atoms with Crippen molar-refractivity contribution >= 4 is 0 Å². The third-order valence-electron chi connectivity index (χ3n) is 5.10. The summed E-state index contributed by atoms with van der Waals surface area (Å²) in [5, 5.41) is 10.1. The second-order valence-electron chi connectivity index (χ2n) is 7.37. The zero-order valence-electron chi connectivity index (χ0n) is 14.3. The summed E-state index contributed by atoms with van der Waals surface area (Å²) in [6.07, 6.45) is 10.2. The minimum Gasteiger partial charge on any atom is -0.396 e. The molecular formula is C18H37NO. The SMILES string of the molecule is CCC(CC)N(CC(C)C)CC1(CO)CCCCCC1. The molecule has 20 heavy (non-hydrogen) atoms. The van der Waals surface area contributed by atoms with E-state index in [9.17, 15) is 5.11 Å². The van der Waals surface area contributed by atoms with Crippen molar-refractivity contribution in [3.63, 3.8) is 0 Å². The molecule has 1 aliphatic carbocycles. The fourth-order valence-corrected chi connectivity index (χ4v) is 3.89. The van der Waals surface area contributed by atoms with Crippen LogP contribution in [0.2, 0.25) is 0 Å². The molecule has 1 aliphatic rings. The fourth-order valence-electron chi connectivity index (χ4n) is 3.89. The van der Waals surface area contributed by atoms with Crippen LogP contribution in [0, 0.1) is 11.3 Å². The van der Waals surface area contributed by atoms with Gasteiger partial charge in [-0.25, -0.2) is 0 Å². The van der Waals surface area contributed by atoms with Crippen molar-refractivity contribution in [3.05, 3.63) is 0 Å². The maximum absolute atomic E-state index is 10.1. The molecule has 2 heteroatoms. The number of aliphatic hydroxyl groups excluding tert-OH is 1. The van der Waals surface area contributed by atoms with Gasteiger partial charge < -0.3 is 5.11 Å². The predicted molar refractivity (Wildman–Crippen MR) is 88.0 cm³/mol. The minimum atomic E-state index is 0.175. The van der Waals surface area contributed by atoms with Crippen molar-refractivity contribution in [2.75, 3.05) is 19.7 Å². The van der Waals surface area contributed by atoms with Crippen molar-refractivity contribution in [2.24, 2.45) is 11.3 Å². The summed E-state index contributed by atoms with van der Waals surface area (Å²) in [7, 11) is 0. The molecule has 0 aromatic carbocycles. The lowest BCUT2D eigenvalue weighted by Gasteiger charge is -2.41.